The van der Waals surface area contributed by atoms with Gasteiger partial charge < -0.3 is 18.9 Å². The second-order valence-electron chi connectivity index (χ2n) is 9.42. The number of rotatable bonds is 15. The van der Waals surface area contributed by atoms with Crippen LogP contribution in [0.3, 0.4) is 0 Å². The number of nitrogens with zero attached hydrogens (tertiary/aromatic N) is 1. The van der Waals surface area contributed by atoms with E-state index in [0.717, 1.165) is 31.2 Å². The molecule has 0 radical (unpaired) electrons. The first-order valence-corrected chi connectivity index (χ1v) is 13.5. The Balaban J connectivity index is 1.73. The number of hydrogen-bond acceptors (Lipinski definition) is 8. The van der Waals surface area contributed by atoms with Gasteiger partial charge in [-0.25, -0.2) is 9.59 Å². The molecule has 1 heterocycles. The van der Waals surface area contributed by atoms with Crippen LogP contribution in [0.15, 0.2) is 66.7 Å². The Kier molecular flexibility index (Phi) is 12.1. The van der Waals surface area contributed by atoms with Gasteiger partial charge in [-0.15, -0.1) is 0 Å². The lowest BCUT2D eigenvalue weighted by molar-refractivity contribution is -0.384. The van der Waals surface area contributed by atoms with Gasteiger partial charge in [-0.05, 0) is 37.5 Å². The Morgan fingerprint density at radius 2 is 1.85 bits per heavy atom. The van der Waals surface area contributed by atoms with Gasteiger partial charge in [-0.2, -0.15) is 0 Å². The lowest BCUT2D eigenvalue weighted by Gasteiger charge is -2.24. The normalized spacial score (nSPS) is 19.6. The molecular formula is C30H37NO8. The van der Waals surface area contributed by atoms with Gasteiger partial charge in [0.15, 0.2) is 0 Å². The van der Waals surface area contributed by atoms with Crippen molar-refractivity contribution in [2.75, 3.05) is 6.61 Å². The van der Waals surface area contributed by atoms with Crippen LogP contribution in [-0.4, -0.2) is 47.9 Å². The monoisotopic (exact) mass is 539 g/mol. The first kappa shape index (κ1) is 30.0. The second-order valence-corrected chi connectivity index (χ2v) is 9.42. The lowest BCUT2D eigenvalue weighted by Crippen LogP contribution is -2.29. The van der Waals surface area contributed by atoms with E-state index in [2.05, 4.69) is 6.92 Å². The van der Waals surface area contributed by atoms with Crippen molar-refractivity contribution in [1.29, 1.82) is 0 Å². The van der Waals surface area contributed by atoms with E-state index in [1.807, 2.05) is 30.3 Å². The minimum atomic E-state index is -0.591. The number of carbonyl (C=O) groups is 2. The maximum atomic E-state index is 12.9. The molecule has 0 saturated carbocycles. The molecule has 0 aromatic heterocycles. The molecule has 39 heavy (non-hydrogen) atoms. The molecule has 3 rings (SSSR count). The van der Waals surface area contributed by atoms with Crippen molar-refractivity contribution in [3.63, 3.8) is 0 Å². The van der Waals surface area contributed by atoms with Gasteiger partial charge in [-0.3, -0.25) is 10.1 Å². The predicted octanol–water partition coefficient (Wildman–Crippen LogP) is 5.95. The summed E-state index contributed by atoms with van der Waals surface area (Å²) in [6.45, 7) is 4.60. The third kappa shape index (κ3) is 9.60. The number of benzene rings is 2. The van der Waals surface area contributed by atoms with Crippen LogP contribution in [0.2, 0.25) is 0 Å². The molecule has 2 aromatic rings. The van der Waals surface area contributed by atoms with Crippen LogP contribution in [0.5, 0.6) is 0 Å². The second kappa shape index (κ2) is 15.8. The van der Waals surface area contributed by atoms with E-state index in [9.17, 15) is 19.7 Å². The largest absolute Gasteiger partial charge is 0.463 e. The van der Waals surface area contributed by atoms with Gasteiger partial charge in [0, 0.05) is 24.6 Å². The molecule has 1 aliphatic rings. The first-order valence-electron chi connectivity index (χ1n) is 13.5. The Labute approximate surface area is 229 Å². The number of nitro groups is 1. The summed E-state index contributed by atoms with van der Waals surface area (Å²) in [5.41, 5.74) is 1.17. The number of esters is 2. The number of non-ortho nitro benzene ring substituents is 1. The zero-order chi connectivity index (χ0) is 28.0. The van der Waals surface area contributed by atoms with E-state index in [4.69, 9.17) is 18.9 Å². The Bertz CT molecular complexity index is 1090. The van der Waals surface area contributed by atoms with Gasteiger partial charge in [0.25, 0.3) is 5.69 Å². The summed E-state index contributed by atoms with van der Waals surface area (Å²) in [4.78, 5) is 35.1. The van der Waals surface area contributed by atoms with E-state index >= 15 is 0 Å². The van der Waals surface area contributed by atoms with Crippen LogP contribution >= 0.6 is 0 Å². The molecule has 2 aromatic carbocycles. The minimum absolute atomic E-state index is 0.108. The van der Waals surface area contributed by atoms with Gasteiger partial charge in [0.1, 0.15) is 6.10 Å². The topological polar surface area (TPSA) is 114 Å². The van der Waals surface area contributed by atoms with Crippen molar-refractivity contribution in [1.82, 2.24) is 0 Å². The third-order valence-electron chi connectivity index (χ3n) is 6.52. The molecule has 0 N–H and O–H groups in total. The van der Waals surface area contributed by atoms with E-state index in [0.29, 0.717) is 19.4 Å². The fourth-order valence-corrected chi connectivity index (χ4v) is 4.48. The maximum Gasteiger partial charge on any atom is 0.338 e. The average Bonchev–Trinajstić information content (AvgIpc) is 3.33. The first-order chi connectivity index (χ1) is 18.9. The standard InChI is InChI=1S/C30H37NO8/c1-3-5-7-13-25(37-21-22-11-8-6-9-12-22)27-20-28(26(38-27)14-10-15-29(32)36-4-2)39-30(33)23-16-18-24(19-17-23)31(34)35/h6,8-12,15-19,25-28H,3-5,7,13-14,20-21H2,1-2H3/b15-10+/t25-,26+,27-,28+/m1/s1. The van der Waals surface area contributed by atoms with Crippen molar-refractivity contribution in [3.05, 3.63) is 88.0 Å². The van der Waals surface area contributed by atoms with Crippen molar-refractivity contribution in [2.45, 2.75) is 83.4 Å². The summed E-state index contributed by atoms with van der Waals surface area (Å²) in [6, 6.07) is 15.2. The molecular weight excluding hydrogens is 502 g/mol. The Morgan fingerprint density at radius 1 is 1.10 bits per heavy atom. The molecule has 0 spiro atoms. The molecule has 9 heteroatoms. The molecule has 1 saturated heterocycles. The summed E-state index contributed by atoms with van der Waals surface area (Å²) in [6.07, 6.45) is 6.14. The van der Waals surface area contributed by atoms with E-state index in [1.165, 1.54) is 30.3 Å². The predicted molar refractivity (Wildman–Crippen MR) is 145 cm³/mol. The van der Waals surface area contributed by atoms with Gasteiger partial charge in [0.2, 0.25) is 0 Å². The molecule has 0 aliphatic carbocycles. The van der Waals surface area contributed by atoms with Crippen molar-refractivity contribution in [2.24, 2.45) is 0 Å². The SMILES string of the molecule is CCCCC[C@@H](OCc1ccccc1)[C@H]1C[C@H](OC(=O)c2ccc([N+](=O)[O-])cc2)[C@H](C/C=C/C(=O)OCC)O1. The quantitative estimate of drug-likeness (QED) is 0.0896. The summed E-state index contributed by atoms with van der Waals surface area (Å²) in [7, 11) is 0. The molecule has 9 nitrogen and oxygen atoms in total. The fraction of sp³-hybridized carbons (Fsp3) is 0.467. The number of hydrogen-bond donors (Lipinski definition) is 0. The lowest BCUT2D eigenvalue weighted by atomic mass is 10.0. The van der Waals surface area contributed by atoms with Crippen LogP contribution in [0.25, 0.3) is 0 Å². The van der Waals surface area contributed by atoms with Crippen LogP contribution in [0.4, 0.5) is 5.69 Å². The zero-order valence-corrected chi connectivity index (χ0v) is 22.5. The highest BCUT2D eigenvalue weighted by atomic mass is 16.6. The van der Waals surface area contributed by atoms with Crippen LogP contribution < -0.4 is 0 Å². The highest BCUT2D eigenvalue weighted by Crippen LogP contribution is 2.32. The van der Waals surface area contributed by atoms with Gasteiger partial charge in [0.05, 0.1) is 42.0 Å². The fourth-order valence-electron chi connectivity index (χ4n) is 4.48. The van der Waals surface area contributed by atoms with Gasteiger partial charge in [-0.1, -0.05) is 62.6 Å². The van der Waals surface area contributed by atoms with Crippen molar-refractivity contribution < 1.29 is 33.5 Å². The molecule has 1 fully saturated rings. The Hall–Kier alpha value is -3.56. The highest BCUT2D eigenvalue weighted by molar-refractivity contribution is 5.89. The summed E-state index contributed by atoms with van der Waals surface area (Å²) >= 11 is 0. The molecule has 4 atom stereocenters. The Morgan fingerprint density at radius 3 is 2.51 bits per heavy atom. The molecule has 210 valence electrons. The number of unbranched alkanes of at least 4 members (excludes halogenated alkanes) is 2. The van der Waals surface area contributed by atoms with Crippen molar-refractivity contribution in [3.8, 4) is 0 Å². The van der Waals surface area contributed by atoms with Crippen LogP contribution in [0, 0.1) is 10.1 Å². The molecule has 0 bridgehead atoms. The van der Waals surface area contributed by atoms with Crippen LogP contribution in [-0.2, 0) is 30.3 Å². The average molecular weight is 540 g/mol. The highest BCUT2D eigenvalue weighted by Gasteiger charge is 2.41. The summed E-state index contributed by atoms with van der Waals surface area (Å²) < 4.78 is 23.5. The molecule has 0 amide bonds. The van der Waals surface area contributed by atoms with Crippen molar-refractivity contribution >= 4 is 17.6 Å². The maximum absolute atomic E-state index is 12.9. The smallest absolute Gasteiger partial charge is 0.338 e. The van der Waals surface area contributed by atoms with Gasteiger partial charge >= 0.3 is 11.9 Å². The van der Waals surface area contributed by atoms with E-state index < -0.39 is 29.1 Å². The molecule has 0 unspecified atom stereocenters. The molecule has 1 aliphatic heterocycles. The van der Waals surface area contributed by atoms with E-state index in [-0.39, 0.29) is 30.1 Å². The number of ether oxygens (including phenoxy) is 4. The third-order valence-corrected chi connectivity index (χ3v) is 6.52. The number of nitro benzene ring substituents is 1. The number of carbonyl (C=O) groups excluding carboxylic acids is 2. The van der Waals surface area contributed by atoms with E-state index in [1.54, 1.807) is 13.0 Å². The van der Waals surface area contributed by atoms with Crippen LogP contribution in [0.1, 0.15) is 68.3 Å². The zero-order valence-electron chi connectivity index (χ0n) is 22.5. The minimum Gasteiger partial charge on any atom is -0.463 e. The summed E-state index contributed by atoms with van der Waals surface area (Å²) in [5, 5.41) is 11.0. The summed E-state index contributed by atoms with van der Waals surface area (Å²) in [5.74, 6) is -1.04.